The molecular formula is C12H16O2S. The number of thioether (sulfide) groups is 1. The zero-order valence-corrected chi connectivity index (χ0v) is 10.1. The van der Waals surface area contributed by atoms with Crippen LogP contribution in [0.2, 0.25) is 0 Å². The van der Waals surface area contributed by atoms with Gasteiger partial charge in [-0.3, -0.25) is 0 Å². The van der Waals surface area contributed by atoms with E-state index in [4.69, 9.17) is 5.11 Å². The van der Waals surface area contributed by atoms with Gasteiger partial charge in [-0.1, -0.05) is 20.8 Å². The van der Waals surface area contributed by atoms with Crippen LogP contribution in [-0.2, 0) is 0 Å². The first-order valence-corrected chi connectivity index (χ1v) is 5.83. The third-order valence-electron chi connectivity index (χ3n) is 1.77. The number of carboxylic acid groups (broad SMARTS) is 1. The predicted octanol–water partition coefficient (Wildman–Crippen LogP) is 3.52. The highest BCUT2D eigenvalue weighted by Gasteiger charge is 2.10. The number of rotatable bonds is 3. The topological polar surface area (TPSA) is 37.3 Å². The molecule has 15 heavy (non-hydrogen) atoms. The van der Waals surface area contributed by atoms with Gasteiger partial charge in [-0.25, -0.2) is 4.79 Å². The molecule has 0 fully saturated rings. The van der Waals surface area contributed by atoms with Crippen LogP contribution in [0, 0.1) is 5.41 Å². The van der Waals surface area contributed by atoms with Crippen molar-refractivity contribution < 1.29 is 9.90 Å². The summed E-state index contributed by atoms with van der Waals surface area (Å²) in [5, 5.41) is 8.73. The number of aromatic carboxylic acids is 1. The molecule has 1 rings (SSSR count). The molecule has 0 unspecified atom stereocenters. The maximum absolute atomic E-state index is 10.6. The largest absolute Gasteiger partial charge is 0.478 e. The van der Waals surface area contributed by atoms with Crippen LogP contribution in [0.15, 0.2) is 29.2 Å². The quantitative estimate of drug-likeness (QED) is 0.798. The second-order valence-electron chi connectivity index (χ2n) is 4.68. The Balaban J connectivity index is 2.61. The van der Waals surface area contributed by atoms with E-state index >= 15 is 0 Å². The van der Waals surface area contributed by atoms with E-state index in [0.29, 0.717) is 5.56 Å². The lowest BCUT2D eigenvalue weighted by molar-refractivity contribution is 0.0697. The number of benzene rings is 1. The fraction of sp³-hybridized carbons (Fsp3) is 0.417. The van der Waals surface area contributed by atoms with Gasteiger partial charge < -0.3 is 5.11 Å². The smallest absolute Gasteiger partial charge is 0.335 e. The van der Waals surface area contributed by atoms with Crippen molar-refractivity contribution in [1.82, 2.24) is 0 Å². The van der Waals surface area contributed by atoms with Gasteiger partial charge in [-0.05, 0) is 29.7 Å². The molecule has 0 heterocycles. The maximum atomic E-state index is 10.6. The fourth-order valence-electron chi connectivity index (χ4n) is 0.994. The molecule has 0 saturated heterocycles. The Labute approximate surface area is 94.7 Å². The summed E-state index contributed by atoms with van der Waals surface area (Å²) >= 11 is 1.75. The van der Waals surface area contributed by atoms with Gasteiger partial charge in [0, 0.05) is 10.6 Å². The van der Waals surface area contributed by atoms with Crippen LogP contribution in [0.3, 0.4) is 0 Å². The Bertz CT molecular complexity index is 336. The summed E-state index contributed by atoms with van der Waals surface area (Å²) in [6, 6.07) is 7.01. The van der Waals surface area contributed by atoms with Crippen LogP contribution >= 0.6 is 11.8 Å². The third-order valence-corrected chi connectivity index (χ3v) is 3.39. The Morgan fingerprint density at radius 1 is 1.27 bits per heavy atom. The zero-order chi connectivity index (χ0) is 11.5. The van der Waals surface area contributed by atoms with Crippen molar-refractivity contribution in [2.45, 2.75) is 25.7 Å². The standard InChI is InChI=1S/C12H16O2S/c1-12(2,3)8-15-10-6-4-9(5-7-10)11(13)14/h4-7H,8H2,1-3H3,(H,13,14). The highest BCUT2D eigenvalue weighted by molar-refractivity contribution is 7.99. The van der Waals surface area contributed by atoms with E-state index in [-0.39, 0.29) is 5.41 Å². The monoisotopic (exact) mass is 224 g/mol. The lowest BCUT2D eigenvalue weighted by Crippen LogP contribution is -2.07. The molecule has 0 amide bonds. The van der Waals surface area contributed by atoms with Crippen LogP contribution in [0.25, 0.3) is 0 Å². The molecule has 1 aromatic rings. The minimum atomic E-state index is -0.873. The van der Waals surface area contributed by atoms with Crippen molar-refractivity contribution in [3.63, 3.8) is 0 Å². The van der Waals surface area contributed by atoms with Crippen LogP contribution in [-0.4, -0.2) is 16.8 Å². The minimum absolute atomic E-state index is 0.288. The SMILES string of the molecule is CC(C)(C)CSc1ccc(C(=O)O)cc1. The normalized spacial score (nSPS) is 11.4. The van der Waals surface area contributed by atoms with Gasteiger partial charge in [0.1, 0.15) is 0 Å². The molecule has 2 nitrogen and oxygen atoms in total. The van der Waals surface area contributed by atoms with E-state index in [9.17, 15) is 4.79 Å². The van der Waals surface area contributed by atoms with E-state index in [2.05, 4.69) is 20.8 Å². The van der Waals surface area contributed by atoms with Crippen LogP contribution in [0.1, 0.15) is 31.1 Å². The van der Waals surface area contributed by atoms with E-state index in [1.165, 1.54) is 0 Å². The van der Waals surface area contributed by atoms with Crippen molar-refractivity contribution in [2.75, 3.05) is 5.75 Å². The lowest BCUT2D eigenvalue weighted by Gasteiger charge is -2.17. The molecule has 1 aromatic carbocycles. The highest BCUT2D eigenvalue weighted by atomic mass is 32.2. The molecular weight excluding hydrogens is 208 g/mol. The van der Waals surface area contributed by atoms with Gasteiger partial charge in [0.2, 0.25) is 0 Å². The third kappa shape index (κ3) is 4.38. The number of carbonyl (C=O) groups is 1. The van der Waals surface area contributed by atoms with Crippen LogP contribution < -0.4 is 0 Å². The molecule has 0 spiro atoms. The Morgan fingerprint density at radius 2 is 1.80 bits per heavy atom. The van der Waals surface area contributed by atoms with Crippen molar-refractivity contribution in [3.8, 4) is 0 Å². The Morgan fingerprint density at radius 3 is 2.20 bits per heavy atom. The van der Waals surface area contributed by atoms with E-state index < -0.39 is 5.97 Å². The maximum Gasteiger partial charge on any atom is 0.335 e. The Hall–Kier alpha value is -0.960. The summed E-state index contributed by atoms with van der Waals surface area (Å²) in [5.74, 6) is 0.154. The summed E-state index contributed by atoms with van der Waals surface area (Å²) in [6.45, 7) is 6.56. The van der Waals surface area contributed by atoms with Crippen molar-refractivity contribution >= 4 is 17.7 Å². The van der Waals surface area contributed by atoms with Gasteiger partial charge in [-0.15, -0.1) is 11.8 Å². The van der Waals surface area contributed by atoms with Gasteiger partial charge in [0.25, 0.3) is 0 Å². The Kier molecular flexibility index (Phi) is 3.80. The molecule has 0 aromatic heterocycles. The van der Waals surface area contributed by atoms with Crippen molar-refractivity contribution in [2.24, 2.45) is 5.41 Å². The molecule has 0 aliphatic rings. The van der Waals surface area contributed by atoms with E-state index in [0.717, 1.165) is 10.6 Å². The summed E-state index contributed by atoms with van der Waals surface area (Å²) in [4.78, 5) is 11.7. The van der Waals surface area contributed by atoms with Crippen LogP contribution in [0.4, 0.5) is 0 Å². The van der Waals surface area contributed by atoms with Gasteiger partial charge in [0.15, 0.2) is 0 Å². The molecule has 1 N–H and O–H groups in total. The average Bonchev–Trinajstić information content (AvgIpc) is 2.14. The van der Waals surface area contributed by atoms with E-state index in [1.54, 1.807) is 23.9 Å². The fourth-order valence-corrected chi connectivity index (χ4v) is 1.92. The summed E-state index contributed by atoms with van der Waals surface area (Å²) in [7, 11) is 0. The lowest BCUT2D eigenvalue weighted by atomic mass is 10.0. The number of hydrogen-bond acceptors (Lipinski definition) is 2. The first-order valence-electron chi connectivity index (χ1n) is 4.85. The first kappa shape index (κ1) is 12.1. The number of hydrogen-bond donors (Lipinski definition) is 1. The summed E-state index contributed by atoms with van der Waals surface area (Å²) in [5.41, 5.74) is 0.631. The summed E-state index contributed by atoms with van der Waals surface area (Å²) < 4.78 is 0. The minimum Gasteiger partial charge on any atom is -0.478 e. The van der Waals surface area contributed by atoms with Gasteiger partial charge in [0.05, 0.1) is 5.56 Å². The molecule has 0 radical (unpaired) electrons. The highest BCUT2D eigenvalue weighted by Crippen LogP contribution is 2.26. The average molecular weight is 224 g/mol. The molecule has 0 atom stereocenters. The van der Waals surface area contributed by atoms with Gasteiger partial charge in [-0.2, -0.15) is 0 Å². The molecule has 3 heteroatoms. The van der Waals surface area contributed by atoms with Gasteiger partial charge >= 0.3 is 5.97 Å². The molecule has 82 valence electrons. The molecule has 0 saturated carbocycles. The molecule has 0 aliphatic heterocycles. The predicted molar refractivity (Wildman–Crippen MR) is 63.6 cm³/mol. The second-order valence-corrected chi connectivity index (χ2v) is 5.73. The number of carboxylic acids is 1. The van der Waals surface area contributed by atoms with E-state index in [1.807, 2.05) is 12.1 Å². The summed E-state index contributed by atoms with van der Waals surface area (Å²) in [6.07, 6.45) is 0. The van der Waals surface area contributed by atoms with Crippen molar-refractivity contribution in [1.29, 1.82) is 0 Å². The second kappa shape index (κ2) is 4.71. The molecule has 0 aliphatic carbocycles. The van der Waals surface area contributed by atoms with Crippen molar-refractivity contribution in [3.05, 3.63) is 29.8 Å². The molecule has 0 bridgehead atoms. The van der Waals surface area contributed by atoms with Crippen LogP contribution in [0.5, 0.6) is 0 Å². The first-order chi connectivity index (χ1) is 6.88. The zero-order valence-electron chi connectivity index (χ0n) is 9.28.